The molecule has 26 heavy (non-hydrogen) atoms. The molecule has 0 bridgehead atoms. The fourth-order valence-corrected chi connectivity index (χ4v) is 3.27. The normalized spacial score (nSPS) is 16.7. The number of anilines is 2. The molecule has 1 fully saturated rings. The van der Waals surface area contributed by atoms with E-state index in [1.54, 1.807) is 0 Å². The van der Waals surface area contributed by atoms with E-state index < -0.39 is 0 Å². The third-order valence-corrected chi connectivity index (χ3v) is 4.66. The number of benzene rings is 2. The molecule has 5 heteroatoms. The van der Waals surface area contributed by atoms with Gasteiger partial charge in [-0.3, -0.25) is 0 Å². The van der Waals surface area contributed by atoms with E-state index in [1.165, 1.54) is 5.56 Å². The van der Waals surface area contributed by atoms with Gasteiger partial charge in [0.2, 0.25) is 5.95 Å². The van der Waals surface area contributed by atoms with E-state index >= 15 is 0 Å². The molecule has 3 aromatic rings. The van der Waals surface area contributed by atoms with Crippen molar-refractivity contribution in [1.29, 1.82) is 0 Å². The lowest BCUT2D eigenvalue weighted by Gasteiger charge is -2.14. The van der Waals surface area contributed by atoms with Crippen molar-refractivity contribution in [3.8, 4) is 0 Å². The fraction of sp³-hybridized carbons (Fsp3) is 0.333. The molecular formula is C21H24N4O. The summed E-state index contributed by atoms with van der Waals surface area (Å²) in [5, 5.41) is 7.86. The zero-order valence-electron chi connectivity index (χ0n) is 14.8. The van der Waals surface area contributed by atoms with Crippen LogP contribution in [0.15, 0.2) is 54.6 Å². The lowest BCUT2D eigenvalue weighted by Crippen LogP contribution is -2.19. The van der Waals surface area contributed by atoms with Crippen molar-refractivity contribution >= 4 is 22.7 Å². The number of hydrogen-bond donors (Lipinski definition) is 2. The van der Waals surface area contributed by atoms with Gasteiger partial charge in [-0.1, -0.05) is 42.5 Å². The summed E-state index contributed by atoms with van der Waals surface area (Å²) >= 11 is 0. The van der Waals surface area contributed by atoms with Gasteiger partial charge in [-0.05, 0) is 37.0 Å². The van der Waals surface area contributed by atoms with Crippen molar-refractivity contribution in [3.63, 3.8) is 0 Å². The molecule has 4 rings (SSSR count). The Morgan fingerprint density at radius 3 is 2.65 bits per heavy atom. The van der Waals surface area contributed by atoms with E-state index in [-0.39, 0.29) is 6.10 Å². The highest BCUT2D eigenvalue weighted by Crippen LogP contribution is 2.22. The Labute approximate surface area is 153 Å². The van der Waals surface area contributed by atoms with E-state index in [0.29, 0.717) is 5.95 Å². The van der Waals surface area contributed by atoms with Crippen molar-refractivity contribution in [1.82, 2.24) is 9.97 Å². The first-order valence-electron chi connectivity index (χ1n) is 9.28. The Morgan fingerprint density at radius 2 is 1.81 bits per heavy atom. The van der Waals surface area contributed by atoms with Crippen LogP contribution < -0.4 is 10.6 Å². The second-order valence-electron chi connectivity index (χ2n) is 6.59. The third-order valence-electron chi connectivity index (χ3n) is 4.66. The lowest BCUT2D eigenvalue weighted by molar-refractivity contribution is 0.120. The molecule has 0 aliphatic carbocycles. The predicted molar refractivity (Wildman–Crippen MR) is 106 cm³/mol. The van der Waals surface area contributed by atoms with Crippen molar-refractivity contribution in [2.45, 2.75) is 25.4 Å². The zero-order chi connectivity index (χ0) is 17.6. The van der Waals surface area contributed by atoms with Gasteiger partial charge in [0.15, 0.2) is 0 Å². The highest BCUT2D eigenvalue weighted by atomic mass is 16.5. The second-order valence-corrected chi connectivity index (χ2v) is 6.59. The van der Waals surface area contributed by atoms with Crippen LogP contribution in [0, 0.1) is 0 Å². The van der Waals surface area contributed by atoms with Crippen LogP contribution in [0.3, 0.4) is 0 Å². The summed E-state index contributed by atoms with van der Waals surface area (Å²) in [7, 11) is 0. The average Bonchev–Trinajstić information content (AvgIpc) is 3.20. The van der Waals surface area contributed by atoms with Crippen molar-refractivity contribution < 1.29 is 4.74 Å². The summed E-state index contributed by atoms with van der Waals surface area (Å²) in [5.74, 6) is 1.53. The molecular weight excluding hydrogens is 324 g/mol. The smallest absolute Gasteiger partial charge is 0.225 e. The summed E-state index contributed by atoms with van der Waals surface area (Å²) in [4.78, 5) is 9.36. The van der Waals surface area contributed by atoms with Crippen LogP contribution >= 0.6 is 0 Å². The molecule has 2 N–H and O–H groups in total. The van der Waals surface area contributed by atoms with Crippen molar-refractivity contribution in [2.24, 2.45) is 0 Å². The van der Waals surface area contributed by atoms with Gasteiger partial charge in [-0.2, -0.15) is 4.98 Å². The molecule has 1 aromatic heterocycles. The van der Waals surface area contributed by atoms with Crippen LogP contribution in [0.25, 0.3) is 10.9 Å². The lowest BCUT2D eigenvalue weighted by atomic mass is 10.1. The summed E-state index contributed by atoms with van der Waals surface area (Å²) in [6.07, 6.45) is 3.47. The summed E-state index contributed by atoms with van der Waals surface area (Å²) in [5.41, 5.74) is 2.25. The SMILES string of the molecule is c1ccc(CCNc2nc(NCC3CCCO3)c3ccccc3n2)cc1. The number of ether oxygens (including phenoxy) is 1. The monoisotopic (exact) mass is 348 g/mol. The molecule has 1 aliphatic rings. The van der Waals surface area contributed by atoms with E-state index in [2.05, 4.69) is 45.9 Å². The van der Waals surface area contributed by atoms with Gasteiger partial charge in [-0.15, -0.1) is 0 Å². The standard InChI is InChI=1S/C21H24N4O/c1-2-7-16(8-3-1)12-13-22-21-24-19-11-5-4-10-18(19)20(25-21)23-15-17-9-6-14-26-17/h1-5,7-8,10-11,17H,6,9,12-15H2,(H2,22,23,24,25). The number of rotatable bonds is 7. The van der Waals surface area contributed by atoms with Crippen LogP contribution in [-0.2, 0) is 11.2 Å². The fourth-order valence-electron chi connectivity index (χ4n) is 3.27. The first-order valence-corrected chi connectivity index (χ1v) is 9.28. The number of nitrogens with one attached hydrogen (secondary N) is 2. The molecule has 0 amide bonds. The van der Waals surface area contributed by atoms with Gasteiger partial charge in [0.05, 0.1) is 11.6 Å². The van der Waals surface area contributed by atoms with Crippen molar-refractivity contribution in [3.05, 3.63) is 60.2 Å². The zero-order valence-corrected chi connectivity index (χ0v) is 14.8. The summed E-state index contributed by atoms with van der Waals surface area (Å²) in [6.45, 7) is 2.45. The third kappa shape index (κ3) is 4.11. The molecule has 5 nitrogen and oxygen atoms in total. The summed E-state index contributed by atoms with van der Waals surface area (Å²) in [6, 6.07) is 18.5. The first-order chi connectivity index (χ1) is 12.9. The second kappa shape index (κ2) is 8.15. The molecule has 0 saturated carbocycles. The van der Waals surface area contributed by atoms with Gasteiger partial charge in [-0.25, -0.2) is 4.98 Å². The first kappa shape index (κ1) is 16.8. The molecule has 134 valence electrons. The van der Waals surface area contributed by atoms with E-state index in [0.717, 1.165) is 55.7 Å². The van der Waals surface area contributed by atoms with Crippen molar-refractivity contribution in [2.75, 3.05) is 30.3 Å². The highest BCUT2D eigenvalue weighted by molar-refractivity contribution is 5.90. The molecule has 1 aliphatic heterocycles. The number of para-hydroxylation sites is 1. The van der Waals surface area contributed by atoms with Gasteiger partial charge in [0.1, 0.15) is 5.82 Å². The average molecular weight is 348 g/mol. The Morgan fingerprint density at radius 1 is 0.962 bits per heavy atom. The summed E-state index contributed by atoms with van der Waals surface area (Å²) < 4.78 is 5.71. The van der Waals surface area contributed by atoms with E-state index in [9.17, 15) is 0 Å². The van der Waals surface area contributed by atoms with Gasteiger partial charge >= 0.3 is 0 Å². The van der Waals surface area contributed by atoms with Crippen LogP contribution in [0.1, 0.15) is 18.4 Å². The van der Waals surface area contributed by atoms with Crippen LogP contribution in [0.2, 0.25) is 0 Å². The minimum atomic E-state index is 0.276. The topological polar surface area (TPSA) is 59.1 Å². The van der Waals surface area contributed by atoms with Gasteiger partial charge < -0.3 is 15.4 Å². The molecule has 2 aromatic carbocycles. The predicted octanol–water partition coefficient (Wildman–Crippen LogP) is 3.88. The molecule has 0 radical (unpaired) electrons. The molecule has 1 atom stereocenters. The molecule has 1 saturated heterocycles. The number of fused-ring (bicyclic) bond motifs is 1. The number of hydrogen-bond acceptors (Lipinski definition) is 5. The quantitative estimate of drug-likeness (QED) is 0.679. The van der Waals surface area contributed by atoms with Gasteiger partial charge in [0.25, 0.3) is 0 Å². The Kier molecular flexibility index (Phi) is 5.26. The Hall–Kier alpha value is -2.66. The van der Waals surface area contributed by atoms with E-state index in [4.69, 9.17) is 9.72 Å². The maximum Gasteiger partial charge on any atom is 0.225 e. The van der Waals surface area contributed by atoms with E-state index in [1.807, 2.05) is 24.3 Å². The van der Waals surface area contributed by atoms with Gasteiger partial charge in [0, 0.05) is 25.1 Å². The Bertz CT molecular complexity index is 847. The van der Waals surface area contributed by atoms with Crippen LogP contribution in [0.4, 0.5) is 11.8 Å². The minimum Gasteiger partial charge on any atom is -0.376 e. The number of nitrogens with zero attached hydrogens (tertiary/aromatic N) is 2. The Balaban J connectivity index is 1.47. The molecule has 2 heterocycles. The largest absolute Gasteiger partial charge is 0.376 e. The molecule has 0 spiro atoms. The minimum absolute atomic E-state index is 0.276. The maximum atomic E-state index is 5.71. The highest BCUT2D eigenvalue weighted by Gasteiger charge is 2.16. The van der Waals surface area contributed by atoms with Crippen LogP contribution in [0.5, 0.6) is 0 Å². The van der Waals surface area contributed by atoms with Crippen LogP contribution in [-0.4, -0.2) is 35.8 Å². The maximum absolute atomic E-state index is 5.71. The molecule has 1 unspecified atom stereocenters. The number of aromatic nitrogens is 2.